The third-order valence-corrected chi connectivity index (χ3v) is 6.91. The lowest BCUT2D eigenvalue weighted by Crippen LogP contribution is -2.33. The van der Waals surface area contributed by atoms with E-state index in [1.807, 2.05) is 6.92 Å². The number of halogens is 2. The number of nitrogens with one attached hydrogen (secondary N) is 2. The molecule has 154 valence electrons. The Morgan fingerprint density at radius 3 is 2.55 bits per heavy atom. The summed E-state index contributed by atoms with van der Waals surface area (Å²) in [7, 11) is -4.05. The highest BCUT2D eigenvalue weighted by Crippen LogP contribution is 2.35. The molecule has 0 aliphatic carbocycles. The summed E-state index contributed by atoms with van der Waals surface area (Å²) in [6.07, 6.45) is 0. The van der Waals surface area contributed by atoms with Crippen LogP contribution in [0.4, 0.5) is 4.39 Å². The molecule has 3 rings (SSSR count). The molecule has 0 fully saturated rings. The molecule has 0 saturated heterocycles. The SMILES string of the molecule is Cc1ccc(Cl)c(S(=O)(=O)N[C@H](c2nn[nH]n2)[C@H](C)c2c(F)ccc(C)c2C)c1. The third kappa shape index (κ3) is 4.31. The van der Waals surface area contributed by atoms with E-state index in [0.29, 0.717) is 5.56 Å². The Hall–Kier alpha value is -2.36. The van der Waals surface area contributed by atoms with Crippen LogP contribution in [0, 0.1) is 26.6 Å². The third-order valence-electron chi connectivity index (χ3n) is 4.99. The maximum Gasteiger partial charge on any atom is 0.242 e. The Morgan fingerprint density at radius 2 is 1.90 bits per heavy atom. The molecular formula is C19H21ClFN5O2S. The molecule has 0 aliphatic rings. The Labute approximate surface area is 173 Å². The Kier molecular flexibility index (Phi) is 6.02. The van der Waals surface area contributed by atoms with Crippen molar-refractivity contribution in [1.82, 2.24) is 25.3 Å². The quantitative estimate of drug-likeness (QED) is 0.611. The zero-order chi connectivity index (χ0) is 21.3. The van der Waals surface area contributed by atoms with Gasteiger partial charge < -0.3 is 0 Å². The van der Waals surface area contributed by atoms with Gasteiger partial charge in [-0.05, 0) is 61.2 Å². The summed E-state index contributed by atoms with van der Waals surface area (Å²) in [5.41, 5.74) is 2.75. The fraction of sp³-hybridized carbons (Fsp3) is 0.316. The van der Waals surface area contributed by atoms with Crippen LogP contribution in [-0.4, -0.2) is 29.0 Å². The molecule has 2 atom stereocenters. The maximum absolute atomic E-state index is 14.7. The second-order valence-electron chi connectivity index (χ2n) is 6.99. The van der Waals surface area contributed by atoms with Gasteiger partial charge in [0.25, 0.3) is 0 Å². The molecule has 1 aromatic heterocycles. The number of sulfonamides is 1. The highest BCUT2D eigenvalue weighted by molar-refractivity contribution is 7.89. The van der Waals surface area contributed by atoms with E-state index in [9.17, 15) is 12.8 Å². The van der Waals surface area contributed by atoms with Crippen molar-refractivity contribution in [1.29, 1.82) is 0 Å². The first-order valence-corrected chi connectivity index (χ1v) is 10.8. The zero-order valence-electron chi connectivity index (χ0n) is 16.4. The van der Waals surface area contributed by atoms with Crippen molar-refractivity contribution in [2.24, 2.45) is 0 Å². The lowest BCUT2D eigenvalue weighted by atomic mass is 9.88. The molecule has 0 unspecified atom stereocenters. The molecule has 0 amide bonds. The molecular weight excluding hydrogens is 417 g/mol. The normalized spacial score (nSPS) is 14.0. The van der Waals surface area contributed by atoms with Crippen molar-refractivity contribution in [3.05, 3.63) is 69.2 Å². The molecule has 1 heterocycles. The molecule has 0 saturated carbocycles. The molecule has 29 heavy (non-hydrogen) atoms. The van der Waals surface area contributed by atoms with Crippen LogP contribution in [0.5, 0.6) is 0 Å². The summed E-state index contributed by atoms with van der Waals surface area (Å²) in [4.78, 5) is -0.0682. The highest BCUT2D eigenvalue weighted by Gasteiger charge is 2.33. The predicted molar refractivity (Wildman–Crippen MR) is 108 cm³/mol. The van der Waals surface area contributed by atoms with E-state index in [0.717, 1.165) is 16.7 Å². The standard InChI is InChI=1S/C19H21ClFN5O2S/c1-10-5-7-14(20)16(9-10)29(27,28)24-18(19-22-25-26-23-19)13(4)17-12(3)11(2)6-8-15(17)21/h5-9,13,18,24H,1-4H3,(H,22,23,25,26)/t13-,18+/m1/s1. The Balaban J connectivity index is 2.08. The number of tetrazole rings is 1. The second kappa shape index (κ2) is 8.17. The van der Waals surface area contributed by atoms with Crippen LogP contribution >= 0.6 is 11.6 Å². The van der Waals surface area contributed by atoms with E-state index in [1.165, 1.54) is 18.2 Å². The summed E-state index contributed by atoms with van der Waals surface area (Å²) < 4.78 is 43.5. The number of aryl methyl sites for hydroxylation is 2. The van der Waals surface area contributed by atoms with Gasteiger partial charge in [0.1, 0.15) is 10.7 Å². The monoisotopic (exact) mass is 437 g/mol. The second-order valence-corrected chi connectivity index (χ2v) is 9.08. The van der Waals surface area contributed by atoms with E-state index < -0.39 is 27.8 Å². The fourth-order valence-corrected chi connectivity index (χ4v) is 5.12. The van der Waals surface area contributed by atoms with Gasteiger partial charge in [-0.3, -0.25) is 0 Å². The van der Waals surface area contributed by atoms with Gasteiger partial charge in [0.2, 0.25) is 10.0 Å². The molecule has 0 bridgehead atoms. The molecule has 10 heteroatoms. The smallest absolute Gasteiger partial charge is 0.207 e. The van der Waals surface area contributed by atoms with Crippen molar-refractivity contribution >= 4 is 21.6 Å². The molecule has 0 spiro atoms. The van der Waals surface area contributed by atoms with Gasteiger partial charge in [0.05, 0.1) is 11.1 Å². The Morgan fingerprint density at radius 1 is 1.17 bits per heavy atom. The first kappa shape index (κ1) is 21.4. The topological polar surface area (TPSA) is 101 Å². The van der Waals surface area contributed by atoms with Gasteiger partial charge in [0, 0.05) is 5.92 Å². The van der Waals surface area contributed by atoms with Crippen molar-refractivity contribution in [3.8, 4) is 0 Å². The predicted octanol–water partition coefficient (Wildman–Crippen LogP) is 3.74. The number of aromatic amines is 1. The van der Waals surface area contributed by atoms with Crippen LogP contribution in [0.2, 0.25) is 5.02 Å². The minimum Gasteiger partial charge on any atom is -0.207 e. The first-order valence-electron chi connectivity index (χ1n) is 8.89. The molecule has 3 aromatic rings. The number of hydrogen-bond acceptors (Lipinski definition) is 5. The number of hydrogen-bond donors (Lipinski definition) is 2. The summed E-state index contributed by atoms with van der Waals surface area (Å²) in [6, 6.07) is 6.79. The number of aromatic nitrogens is 4. The van der Waals surface area contributed by atoms with Crippen LogP contribution in [0.15, 0.2) is 35.2 Å². The lowest BCUT2D eigenvalue weighted by molar-refractivity contribution is 0.478. The van der Waals surface area contributed by atoms with E-state index in [4.69, 9.17) is 11.6 Å². The van der Waals surface area contributed by atoms with Gasteiger partial charge in [0.15, 0.2) is 5.82 Å². The van der Waals surface area contributed by atoms with Gasteiger partial charge >= 0.3 is 0 Å². The summed E-state index contributed by atoms with van der Waals surface area (Å²) in [5.74, 6) is -0.946. The summed E-state index contributed by atoms with van der Waals surface area (Å²) >= 11 is 6.13. The van der Waals surface area contributed by atoms with Crippen molar-refractivity contribution in [2.75, 3.05) is 0 Å². The molecule has 7 nitrogen and oxygen atoms in total. The number of nitrogens with zero attached hydrogens (tertiary/aromatic N) is 3. The number of benzene rings is 2. The van der Waals surface area contributed by atoms with Gasteiger partial charge in [-0.1, -0.05) is 35.9 Å². The van der Waals surface area contributed by atoms with Crippen LogP contribution in [-0.2, 0) is 10.0 Å². The highest BCUT2D eigenvalue weighted by atomic mass is 35.5. The van der Waals surface area contributed by atoms with E-state index >= 15 is 0 Å². The van der Waals surface area contributed by atoms with Crippen LogP contribution in [0.25, 0.3) is 0 Å². The summed E-state index contributed by atoms with van der Waals surface area (Å²) in [5, 5.41) is 13.8. The molecule has 0 aliphatic heterocycles. The lowest BCUT2D eigenvalue weighted by Gasteiger charge is -2.25. The zero-order valence-corrected chi connectivity index (χ0v) is 17.9. The fourth-order valence-electron chi connectivity index (χ4n) is 3.26. The molecule has 2 aromatic carbocycles. The average Bonchev–Trinajstić information content (AvgIpc) is 3.19. The number of rotatable bonds is 6. The number of H-pyrrole nitrogens is 1. The van der Waals surface area contributed by atoms with E-state index in [1.54, 1.807) is 32.9 Å². The Bertz CT molecular complexity index is 1140. The minimum atomic E-state index is -4.05. The van der Waals surface area contributed by atoms with Crippen LogP contribution in [0.3, 0.4) is 0 Å². The van der Waals surface area contributed by atoms with E-state index in [2.05, 4.69) is 25.3 Å². The van der Waals surface area contributed by atoms with Crippen LogP contribution in [0.1, 0.15) is 47.0 Å². The van der Waals surface area contributed by atoms with Gasteiger partial charge in [-0.2, -0.15) is 9.94 Å². The van der Waals surface area contributed by atoms with Crippen molar-refractivity contribution in [2.45, 2.75) is 44.6 Å². The van der Waals surface area contributed by atoms with E-state index in [-0.39, 0.29) is 15.7 Å². The molecule has 2 N–H and O–H groups in total. The average molecular weight is 438 g/mol. The van der Waals surface area contributed by atoms with Crippen LogP contribution < -0.4 is 4.72 Å². The first-order chi connectivity index (χ1) is 13.6. The minimum absolute atomic E-state index is 0.0682. The molecule has 0 radical (unpaired) electrons. The van der Waals surface area contributed by atoms with Crippen molar-refractivity contribution < 1.29 is 12.8 Å². The summed E-state index contributed by atoms with van der Waals surface area (Å²) in [6.45, 7) is 7.14. The van der Waals surface area contributed by atoms with Gasteiger partial charge in [-0.15, -0.1) is 10.2 Å². The maximum atomic E-state index is 14.7. The van der Waals surface area contributed by atoms with Crippen molar-refractivity contribution in [3.63, 3.8) is 0 Å². The largest absolute Gasteiger partial charge is 0.242 e. The van der Waals surface area contributed by atoms with Gasteiger partial charge in [-0.25, -0.2) is 12.8 Å².